The van der Waals surface area contributed by atoms with Gasteiger partial charge in [-0.05, 0) is 71.7 Å². The molecule has 1 aromatic carbocycles. The lowest BCUT2D eigenvalue weighted by atomic mass is 9.94. The molecule has 0 amide bonds. The van der Waals surface area contributed by atoms with Crippen molar-refractivity contribution in [3.8, 4) is 0 Å². The summed E-state index contributed by atoms with van der Waals surface area (Å²) in [6.07, 6.45) is 3.62. The van der Waals surface area contributed by atoms with Crippen molar-refractivity contribution >= 4 is 62.8 Å². The molecule has 3 rings (SSSR count). The third-order valence-electron chi connectivity index (χ3n) is 3.34. The molecule has 1 unspecified atom stereocenters. The van der Waals surface area contributed by atoms with E-state index in [0.29, 0.717) is 16.1 Å². The van der Waals surface area contributed by atoms with Gasteiger partial charge in [-0.2, -0.15) is 0 Å². The van der Waals surface area contributed by atoms with Gasteiger partial charge in [0.05, 0.1) is 19.0 Å². The van der Waals surface area contributed by atoms with Crippen LogP contribution in [0.15, 0.2) is 24.3 Å². The van der Waals surface area contributed by atoms with Crippen LogP contribution in [0, 0.1) is 2.88 Å². The number of thiophene rings is 1. The van der Waals surface area contributed by atoms with Crippen LogP contribution >= 0.6 is 57.1 Å². The van der Waals surface area contributed by atoms with E-state index in [4.69, 9.17) is 23.2 Å². The molecule has 0 spiro atoms. The Morgan fingerprint density at radius 3 is 2.84 bits per heavy atom. The van der Waals surface area contributed by atoms with Crippen LogP contribution in [0.2, 0.25) is 10.0 Å². The maximum Gasteiger partial charge on any atom is 0.0660 e. The van der Waals surface area contributed by atoms with Crippen LogP contribution < -0.4 is 5.32 Å². The molecule has 5 heteroatoms. The highest BCUT2D eigenvalue weighted by molar-refractivity contribution is 14.1. The molecule has 0 saturated carbocycles. The molecule has 0 saturated heterocycles. The first-order valence-electron chi connectivity index (χ1n) is 6.13. The first-order valence-corrected chi connectivity index (χ1v) is 8.78. The number of fused-ring (bicyclic) bond motifs is 1. The van der Waals surface area contributed by atoms with Crippen molar-refractivity contribution in [1.82, 2.24) is 0 Å². The van der Waals surface area contributed by atoms with Gasteiger partial charge in [0, 0.05) is 10.6 Å². The number of nitrogens with one attached hydrogen (secondary N) is 1. The van der Waals surface area contributed by atoms with E-state index < -0.39 is 0 Å². The summed E-state index contributed by atoms with van der Waals surface area (Å²) in [6, 6.07) is 8.41. The Hall–Kier alpha value is 0.0300. The summed E-state index contributed by atoms with van der Waals surface area (Å²) in [5.74, 6) is 0. The fourth-order valence-electron chi connectivity index (χ4n) is 2.46. The van der Waals surface area contributed by atoms with Gasteiger partial charge in [0.1, 0.15) is 0 Å². The fraction of sp³-hybridized carbons (Fsp3) is 0.286. The van der Waals surface area contributed by atoms with E-state index in [1.165, 1.54) is 32.6 Å². The minimum Gasteiger partial charge on any atom is -0.378 e. The minimum atomic E-state index is 0.390. The Morgan fingerprint density at radius 1 is 1.21 bits per heavy atom. The second-order valence-electron chi connectivity index (χ2n) is 4.65. The van der Waals surface area contributed by atoms with Crippen molar-refractivity contribution in [2.24, 2.45) is 0 Å². The smallest absolute Gasteiger partial charge is 0.0660 e. The van der Waals surface area contributed by atoms with Gasteiger partial charge in [0.2, 0.25) is 0 Å². The largest absolute Gasteiger partial charge is 0.378 e. The van der Waals surface area contributed by atoms with Crippen LogP contribution in [0.4, 0.5) is 5.69 Å². The molecular weight excluding hydrogens is 412 g/mol. The molecule has 19 heavy (non-hydrogen) atoms. The normalized spacial score (nSPS) is 18.2. The molecule has 0 radical (unpaired) electrons. The first-order chi connectivity index (χ1) is 9.13. The average Bonchev–Trinajstić information content (AvgIpc) is 2.75. The standard InChI is InChI=1S/C14H12Cl2INS/c15-10-5-4-8(6-11(10)16)18-12-2-1-3-13-9(12)7-14(17)19-13/h4-7,12,18H,1-3H2. The quantitative estimate of drug-likeness (QED) is 0.571. The van der Waals surface area contributed by atoms with Crippen LogP contribution in [0.3, 0.4) is 0 Å². The Balaban J connectivity index is 1.86. The summed E-state index contributed by atoms with van der Waals surface area (Å²) in [5, 5.41) is 4.78. The summed E-state index contributed by atoms with van der Waals surface area (Å²) in [5.41, 5.74) is 2.49. The van der Waals surface area contributed by atoms with Crippen molar-refractivity contribution in [3.63, 3.8) is 0 Å². The monoisotopic (exact) mass is 423 g/mol. The molecule has 0 bridgehead atoms. The molecule has 1 aliphatic rings. The van der Waals surface area contributed by atoms with Gasteiger partial charge in [-0.15, -0.1) is 11.3 Å². The van der Waals surface area contributed by atoms with Gasteiger partial charge < -0.3 is 5.32 Å². The van der Waals surface area contributed by atoms with Crippen LogP contribution in [-0.2, 0) is 6.42 Å². The van der Waals surface area contributed by atoms with Crippen LogP contribution in [0.1, 0.15) is 29.3 Å². The van der Waals surface area contributed by atoms with Gasteiger partial charge in [0.15, 0.2) is 0 Å². The zero-order valence-corrected chi connectivity index (χ0v) is 14.5. The number of hydrogen-bond acceptors (Lipinski definition) is 2. The summed E-state index contributed by atoms with van der Waals surface area (Å²) in [6.45, 7) is 0. The number of hydrogen-bond donors (Lipinski definition) is 1. The summed E-state index contributed by atoms with van der Waals surface area (Å²) < 4.78 is 1.37. The molecule has 0 fully saturated rings. The van der Waals surface area contributed by atoms with E-state index in [2.05, 4.69) is 34.0 Å². The Bertz CT molecular complexity index is 611. The Morgan fingerprint density at radius 2 is 2.05 bits per heavy atom. The maximum atomic E-state index is 6.06. The second kappa shape index (κ2) is 5.80. The van der Waals surface area contributed by atoms with E-state index >= 15 is 0 Å². The van der Waals surface area contributed by atoms with Crippen molar-refractivity contribution < 1.29 is 0 Å². The lowest BCUT2D eigenvalue weighted by Gasteiger charge is -2.24. The predicted molar refractivity (Wildman–Crippen MR) is 92.8 cm³/mol. The van der Waals surface area contributed by atoms with Gasteiger partial charge in [-0.3, -0.25) is 0 Å². The van der Waals surface area contributed by atoms with Crippen LogP contribution in [0.5, 0.6) is 0 Å². The lowest BCUT2D eigenvalue weighted by molar-refractivity contribution is 0.609. The molecule has 1 atom stereocenters. The molecule has 1 heterocycles. The van der Waals surface area contributed by atoms with Gasteiger partial charge in [-0.1, -0.05) is 23.2 Å². The Kier molecular flexibility index (Phi) is 4.27. The number of anilines is 1. The zero-order valence-electron chi connectivity index (χ0n) is 10.1. The lowest BCUT2D eigenvalue weighted by Crippen LogP contribution is -2.15. The van der Waals surface area contributed by atoms with E-state index in [1.54, 1.807) is 0 Å². The third kappa shape index (κ3) is 3.04. The molecule has 1 N–H and O–H groups in total. The number of halogens is 3. The molecular formula is C14H12Cl2INS. The highest BCUT2D eigenvalue weighted by Crippen LogP contribution is 2.38. The molecule has 1 nitrogen and oxygen atoms in total. The molecule has 2 aromatic rings. The van der Waals surface area contributed by atoms with E-state index in [1.807, 2.05) is 29.5 Å². The zero-order chi connectivity index (χ0) is 13.4. The summed E-state index contributed by atoms with van der Waals surface area (Å²) >= 11 is 16.3. The van der Waals surface area contributed by atoms with E-state index in [0.717, 1.165) is 5.69 Å². The van der Waals surface area contributed by atoms with E-state index in [-0.39, 0.29) is 0 Å². The molecule has 1 aromatic heterocycles. The van der Waals surface area contributed by atoms with Crippen LogP contribution in [-0.4, -0.2) is 0 Å². The third-order valence-corrected chi connectivity index (χ3v) is 6.05. The highest BCUT2D eigenvalue weighted by atomic mass is 127. The SMILES string of the molecule is Clc1ccc(NC2CCCc3sc(I)cc32)cc1Cl. The minimum absolute atomic E-state index is 0.390. The predicted octanol–water partition coefficient (Wildman–Crippen LogP) is 6.15. The highest BCUT2D eigenvalue weighted by Gasteiger charge is 2.22. The first kappa shape index (κ1) is 14.0. The van der Waals surface area contributed by atoms with Crippen molar-refractivity contribution in [3.05, 3.63) is 47.6 Å². The topological polar surface area (TPSA) is 12.0 Å². The van der Waals surface area contributed by atoms with E-state index in [9.17, 15) is 0 Å². The van der Waals surface area contributed by atoms with Crippen LogP contribution in [0.25, 0.3) is 0 Å². The molecule has 1 aliphatic carbocycles. The second-order valence-corrected chi connectivity index (χ2v) is 8.49. The summed E-state index contributed by atoms with van der Waals surface area (Å²) in [7, 11) is 0. The number of aryl methyl sites for hydroxylation is 1. The van der Waals surface area contributed by atoms with Gasteiger partial charge >= 0.3 is 0 Å². The number of benzene rings is 1. The van der Waals surface area contributed by atoms with Crippen molar-refractivity contribution in [1.29, 1.82) is 0 Å². The molecule has 100 valence electrons. The molecule has 0 aliphatic heterocycles. The van der Waals surface area contributed by atoms with Gasteiger partial charge in [-0.25, -0.2) is 0 Å². The van der Waals surface area contributed by atoms with Crippen molar-refractivity contribution in [2.75, 3.05) is 5.32 Å². The van der Waals surface area contributed by atoms with Gasteiger partial charge in [0.25, 0.3) is 0 Å². The fourth-order valence-corrected chi connectivity index (χ4v) is 4.88. The Labute approximate surface area is 140 Å². The average molecular weight is 424 g/mol. The summed E-state index contributed by atoms with van der Waals surface area (Å²) in [4.78, 5) is 1.52. The number of rotatable bonds is 2. The van der Waals surface area contributed by atoms with Crippen molar-refractivity contribution in [2.45, 2.75) is 25.3 Å². The maximum absolute atomic E-state index is 6.06.